The Morgan fingerprint density at radius 2 is 0.688 bits per heavy atom. The number of nitrogens with one attached hydrogen (secondary N) is 3. The maximum atomic E-state index is 12.0. The van der Waals surface area contributed by atoms with Crippen LogP contribution in [0.3, 0.4) is 0 Å². The highest BCUT2D eigenvalue weighted by molar-refractivity contribution is 9.09. The number of alkyl halides is 3. The maximum Gasteiger partial charge on any atom is 0.431 e. The van der Waals surface area contributed by atoms with Crippen molar-refractivity contribution in [3.05, 3.63) is 33.4 Å². The molecule has 0 saturated heterocycles. The fraction of sp³-hybridized carbons (Fsp3) is 0.727. The van der Waals surface area contributed by atoms with E-state index in [0.717, 1.165) is 0 Å². The van der Waals surface area contributed by atoms with Crippen molar-refractivity contribution in [2.75, 3.05) is 19.8 Å². The molecule has 0 radical (unpaired) electrons. The van der Waals surface area contributed by atoms with Crippen LogP contribution in [0.15, 0.2) is 0 Å². The van der Waals surface area contributed by atoms with Crippen molar-refractivity contribution in [3.8, 4) is 0 Å². The van der Waals surface area contributed by atoms with E-state index in [1.807, 2.05) is 0 Å². The molecule has 1 rings (SSSR count). The lowest BCUT2D eigenvalue weighted by molar-refractivity contribution is -0.00859. The first-order valence-electron chi connectivity index (χ1n) is 16.0. The van der Waals surface area contributed by atoms with Crippen LogP contribution in [-0.4, -0.2) is 54.9 Å². The predicted molar refractivity (Wildman–Crippen MR) is 195 cm³/mol. The summed E-state index contributed by atoms with van der Waals surface area (Å²) in [5.74, 6) is 0. The molecule has 0 unspecified atom stereocenters. The summed E-state index contributed by atoms with van der Waals surface area (Å²) in [7, 11) is 0. The van der Waals surface area contributed by atoms with Crippen molar-refractivity contribution in [2.45, 2.75) is 134 Å². The first-order chi connectivity index (χ1) is 22.3. The van der Waals surface area contributed by atoms with Gasteiger partial charge >= 0.3 is 18.3 Å². The van der Waals surface area contributed by atoms with E-state index in [1.165, 1.54) is 33.4 Å². The molecular formula is C33H54Br3N3O9. The third-order valence-electron chi connectivity index (χ3n) is 6.27. The topological polar surface area (TPSA) is 143 Å². The second-order valence-corrected chi connectivity index (χ2v) is 15.6. The average Bonchev–Trinajstić information content (AvgIpc) is 2.93. The molecule has 3 amide bonds. The van der Waals surface area contributed by atoms with Gasteiger partial charge in [0.25, 0.3) is 0 Å². The molecule has 0 spiro atoms. The van der Waals surface area contributed by atoms with Gasteiger partial charge in [-0.2, -0.15) is 16.4 Å². The standard InChI is InChI=1S/C33H54Br3N3O9/c1-31(2,3)46-28(40)37-43-16-10-13-22-25(19-34)23(14-11-17-44-38-29(41)47-32(4,5)6)27(21-36)24(26(22)20-35)15-12-18-45-39-30(42)48-33(7,8)9/h10-21H2,1-9H3,(H,37,40)(H,38,41)(H,39,42). The zero-order valence-corrected chi connectivity index (χ0v) is 34.6. The van der Waals surface area contributed by atoms with Crippen molar-refractivity contribution < 1.29 is 43.1 Å². The van der Waals surface area contributed by atoms with Crippen LogP contribution in [0.4, 0.5) is 14.4 Å². The molecule has 276 valence electrons. The number of hydrogen-bond acceptors (Lipinski definition) is 9. The summed E-state index contributed by atoms with van der Waals surface area (Å²) >= 11 is 11.2. The van der Waals surface area contributed by atoms with Crippen molar-refractivity contribution >= 4 is 66.1 Å². The minimum atomic E-state index is -0.636. The van der Waals surface area contributed by atoms with E-state index in [-0.39, 0.29) is 0 Å². The summed E-state index contributed by atoms with van der Waals surface area (Å²) in [6.07, 6.45) is 2.14. The number of hydrogen-bond donors (Lipinski definition) is 3. The number of amides is 3. The lowest BCUT2D eigenvalue weighted by Gasteiger charge is -2.26. The molecule has 0 aromatic heterocycles. The third-order valence-corrected chi connectivity index (χ3v) is 7.95. The number of hydroxylamine groups is 3. The zero-order valence-electron chi connectivity index (χ0n) is 29.8. The second-order valence-electron chi connectivity index (χ2n) is 13.9. The normalized spacial score (nSPS) is 12.0. The van der Waals surface area contributed by atoms with Crippen molar-refractivity contribution in [1.29, 1.82) is 0 Å². The molecule has 0 heterocycles. The van der Waals surface area contributed by atoms with E-state index in [0.29, 0.717) is 74.3 Å². The summed E-state index contributed by atoms with van der Waals surface area (Å²) in [4.78, 5) is 52.2. The molecule has 0 fully saturated rings. The zero-order chi connectivity index (χ0) is 36.5. The maximum absolute atomic E-state index is 12.0. The number of carbonyl (C=O) groups is 3. The minimum absolute atomic E-state index is 0.294. The first-order valence-corrected chi connectivity index (χ1v) is 19.4. The SMILES string of the molecule is CC(C)(C)OC(=O)NOCCCc1c(CBr)c(CCCONC(=O)OC(C)(C)C)c(CBr)c(CCCONC(=O)OC(C)(C)C)c1CBr. The Labute approximate surface area is 311 Å². The smallest absolute Gasteiger partial charge is 0.431 e. The molecule has 0 bridgehead atoms. The van der Waals surface area contributed by atoms with Crippen LogP contribution in [0.1, 0.15) is 115 Å². The average molecular weight is 877 g/mol. The molecule has 0 saturated carbocycles. The Balaban J connectivity index is 3.16. The van der Waals surface area contributed by atoms with Crippen LogP contribution in [-0.2, 0) is 64.0 Å². The Kier molecular flexibility index (Phi) is 19.9. The van der Waals surface area contributed by atoms with Gasteiger partial charge in [0, 0.05) is 16.0 Å². The van der Waals surface area contributed by atoms with E-state index >= 15 is 0 Å². The van der Waals surface area contributed by atoms with Gasteiger partial charge in [-0.15, -0.1) is 0 Å². The lowest BCUT2D eigenvalue weighted by Crippen LogP contribution is -2.32. The Bertz CT molecular complexity index is 1020. The molecule has 1 aromatic carbocycles. The van der Waals surface area contributed by atoms with Gasteiger partial charge in [0.1, 0.15) is 16.8 Å². The molecule has 0 aliphatic rings. The Morgan fingerprint density at radius 3 is 0.875 bits per heavy atom. The van der Waals surface area contributed by atoms with Crippen molar-refractivity contribution in [2.24, 2.45) is 0 Å². The van der Waals surface area contributed by atoms with Gasteiger partial charge < -0.3 is 14.2 Å². The first kappa shape index (κ1) is 44.4. The molecule has 48 heavy (non-hydrogen) atoms. The fourth-order valence-corrected chi connectivity index (χ4v) is 6.70. The second kappa shape index (κ2) is 21.5. The van der Waals surface area contributed by atoms with Crippen molar-refractivity contribution in [1.82, 2.24) is 16.4 Å². The van der Waals surface area contributed by atoms with Crippen LogP contribution < -0.4 is 16.4 Å². The Hall–Kier alpha value is -1.65. The summed E-state index contributed by atoms with van der Waals surface area (Å²) in [5.41, 5.74) is 12.3. The molecule has 0 aliphatic heterocycles. The van der Waals surface area contributed by atoms with Gasteiger partial charge in [-0.05, 0) is 134 Å². The number of carbonyl (C=O) groups excluding carboxylic acids is 3. The molecule has 0 aliphatic carbocycles. The molecule has 15 heteroatoms. The molecule has 12 nitrogen and oxygen atoms in total. The van der Waals surface area contributed by atoms with Crippen LogP contribution in [0, 0.1) is 0 Å². The number of benzene rings is 1. The summed E-state index contributed by atoms with van der Waals surface area (Å²) in [6.45, 7) is 17.0. The highest BCUT2D eigenvalue weighted by Crippen LogP contribution is 2.35. The highest BCUT2D eigenvalue weighted by Gasteiger charge is 2.23. The molecule has 0 atom stereocenters. The highest BCUT2D eigenvalue weighted by atomic mass is 79.9. The molecule has 3 N–H and O–H groups in total. The molecular weight excluding hydrogens is 822 g/mol. The summed E-state index contributed by atoms with van der Waals surface area (Å²) in [6, 6.07) is 0. The van der Waals surface area contributed by atoms with Gasteiger partial charge in [0.15, 0.2) is 0 Å². The monoisotopic (exact) mass is 873 g/mol. The van der Waals surface area contributed by atoms with Crippen LogP contribution in [0.25, 0.3) is 0 Å². The van der Waals surface area contributed by atoms with E-state index in [1.54, 1.807) is 62.3 Å². The lowest BCUT2D eigenvalue weighted by atomic mass is 9.83. The predicted octanol–water partition coefficient (Wildman–Crippen LogP) is 8.54. The van der Waals surface area contributed by atoms with Gasteiger partial charge in [-0.25, -0.2) is 14.4 Å². The van der Waals surface area contributed by atoms with Gasteiger partial charge in [0.2, 0.25) is 0 Å². The van der Waals surface area contributed by atoms with Crippen LogP contribution >= 0.6 is 47.8 Å². The van der Waals surface area contributed by atoms with Gasteiger partial charge in [0.05, 0.1) is 19.8 Å². The van der Waals surface area contributed by atoms with Gasteiger partial charge in [-0.3, -0.25) is 14.5 Å². The van der Waals surface area contributed by atoms with E-state index < -0.39 is 35.1 Å². The van der Waals surface area contributed by atoms with Gasteiger partial charge in [-0.1, -0.05) is 47.8 Å². The van der Waals surface area contributed by atoms with Crippen LogP contribution in [0.2, 0.25) is 0 Å². The van der Waals surface area contributed by atoms with E-state index in [2.05, 4.69) is 64.2 Å². The fourth-order valence-electron chi connectivity index (χ4n) is 4.67. The summed E-state index contributed by atoms with van der Waals surface area (Å²) < 4.78 is 15.7. The van der Waals surface area contributed by atoms with Crippen LogP contribution in [0.5, 0.6) is 0 Å². The number of ether oxygens (including phenoxy) is 3. The van der Waals surface area contributed by atoms with E-state index in [9.17, 15) is 14.4 Å². The molecule has 1 aromatic rings. The Morgan fingerprint density at radius 1 is 0.458 bits per heavy atom. The summed E-state index contributed by atoms with van der Waals surface area (Å²) in [5, 5.41) is 1.90. The third kappa shape index (κ3) is 18.4. The number of halogens is 3. The number of rotatable bonds is 18. The van der Waals surface area contributed by atoms with E-state index in [4.69, 9.17) is 28.7 Å². The largest absolute Gasteiger partial charge is 0.442 e. The minimum Gasteiger partial charge on any atom is -0.442 e. The van der Waals surface area contributed by atoms with Crippen molar-refractivity contribution in [3.63, 3.8) is 0 Å². The quantitative estimate of drug-likeness (QED) is 0.0573.